The molecule has 2 aromatic rings. The second-order valence-electron chi connectivity index (χ2n) is 5.35. The SMILES string of the molecule is COc1ccc([C@@H]2CN(Cc3ccccc3)CCO2)cc1. The average Bonchev–Trinajstić information content (AvgIpc) is 2.56. The fraction of sp³-hybridized carbons (Fsp3) is 0.333. The molecule has 0 aliphatic carbocycles. The maximum atomic E-state index is 5.92. The van der Waals surface area contributed by atoms with Crippen LogP contribution in [0.4, 0.5) is 0 Å². The molecule has 1 aliphatic rings. The molecule has 0 radical (unpaired) electrons. The molecule has 1 saturated heterocycles. The predicted octanol–water partition coefficient (Wildman–Crippen LogP) is 3.27. The monoisotopic (exact) mass is 283 g/mol. The van der Waals surface area contributed by atoms with Gasteiger partial charge in [-0.05, 0) is 23.3 Å². The number of hydrogen-bond donors (Lipinski definition) is 0. The number of methoxy groups -OCH3 is 1. The second kappa shape index (κ2) is 6.74. The molecular weight excluding hydrogens is 262 g/mol. The van der Waals surface area contributed by atoms with Gasteiger partial charge in [-0.1, -0.05) is 42.5 Å². The lowest BCUT2D eigenvalue weighted by atomic mass is 10.1. The molecule has 0 bridgehead atoms. The third-order valence-corrected chi connectivity index (χ3v) is 3.89. The molecule has 3 rings (SSSR count). The van der Waals surface area contributed by atoms with Crippen molar-refractivity contribution in [1.29, 1.82) is 0 Å². The van der Waals surface area contributed by atoms with Gasteiger partial charge >= 0.3 is 0 Å². The van der Waals surface area contributed by atoms with E-state index in [4.69, 9.17) is 9.47 Å². The number of nitrogens with zero attached hydrogens (tertiary/aromatic N) is 1. The molecule has 0 saturated carbocycles. The first-order valence-corrected chi connectivity index (χ1v) is 7.37. The van der Waals surface area contributed by atoms with Crippen molar-refractivity contribution in [3.63, 3.8) is 0 Å². The molecule has 2 aromatic carbocycles. The van der Waals surface area contributed by atoms with Crippen LogP contribution in [0, 0.1) is 0 Å². The van der Waals surface area contributed by atoms with Crippen molar-refractivity contribution in [1.82, 2.24) is 4.90 Å². The molecule has 110 valence electrons. The molecular formula is C18H21NO2. The molecule has 21 heavy (non-hydrogen) atoms. The largest absolute Gasteiger partial charge is 0.497 e. The van der Waals surface area contributed by atoms with Gasteiger partial charge in [0.1, 0.15) is 5.75 Å². The van der Waals surface area contributed by atoms with Crippen molar-refractivity contribution in [2.45, 2.75) is 12.6 Å². The zero-order valence-electron chi connectivity index (χ0n) is 12.4. The summed E-state index contributed by atoms with van der Waals surface area (Å²) in [5.74, 6) is 0.885. The minimum absolute atomic E-state index is 0.147. The first-order chi connectivity index (χ1) is 10.3. The molecule has 0 unspecified atom stereocenters. The van der Waals surface area contributed by atoms with Crippen LogP contribution in [0.3, 0.4) is 0 Å². The maximum absolute atomic E-state index is 5.92. The summed E-state index contributed by atoms with van der Waals surface area (Å²) < 4.78 is 11.1. The van der Waals surface area contributed by atoms with E-state index < -0.39 is 0 Å². The van der Waals surface area contributed by atoms with Gasteiger partial charge < -0.3 is 9.47 Å². The standard InChI is InChI=1S/C18H21NO2/c1-20-17-9-7-16(8-10-17)18-14-19(11-12-21-18)13-15-5-3-2-4-6-15/h2-10,18H,11-14H2,1H3/t18-/m0/s1. The Morgan fingerprint density at radius 1 is 1.10 bits per heavy atom. The molecule has 3 heteroatoms. The summed E-state index contributed by atoms with van der Waals surface area (Å²) in [4.78, 5) is 2.45. The molecule has 1 atom stereocenters. The van der Waals surface area contributed by atoms with Crippen LogP contribution < -0.4 is 4.74 Å². The highest BCUT2D eigenvalue weighted by atomic mass is 16.5. The molecule has 0 spiro atoms. The van der Waals surface area contributed by atoms with Gasteiger partial charge in [-0.3, -0.25) is 4.90 Å². The fourth-order valence-electron chi connectivity index (χ4n) is 2.71. The highest BCUT2D eigenvalue weighted by Gasteiger charge is 2.21. The van der Waals surface area contributed by atoms with Crippen molar-refractivity contribution in [2.24, 2.45) is 0 Å². The van der Waals surface area contributed by atoms with Gasteiger partial charge in [-0.15, -0.1) is 0 Å². The van der Waals surface area contributed by atoms with Crippen molar-refractivity contribution < 1.29 is 9.47 Å². The number of ether oxygens (including phenoxy) is 2. The van der Waals surface area contributed by atoms with Crippen LogP contribution in [0.5, 0.6) is 5.75 Å². The Bertz CT molecular complexity index is 553. The van der Waals surface area contributed by atoms with E-state index in [-0.39, 0.29) is 6.10 Å². The summed E-state index contributed by atoms with van der Waals surface area (Å²) in [5, 5.41) is 0. The van der Waals surface area contributed by atoms with Crippen molar-refractivity contribution in [3.05, 3.63) is 65.7 Å². The molecule has 1 heterocycles. The smallest absolute Gasteiger partial charge is 0.118 e. The van der Waals surface area contributed by atoms with Gasteiger partial charge in [0.2, 0.25) is 0 Å². The van der Waals surface area contributed by atoms with Gasteiger partial charge in [0.15, 0.2) is 0 Å². The summed E-state index contributed by atoms with van der Waals surface area (Å²) in [6.45, 7) is 3.68. The first kappa shape index (κ1) is 14.1. The molecule has 1 aliphatic heterocycles. The summed E-state index contributed by atoms with van der Waals surface area (Å²) in [6.07, 6.45) is 0.147. The van der Waals surface area contributed by atoms with Crippen molar-refractivity contribution in [3.8, 4) is 5.75 Å². The lowest BCUT2D eigenvalue weighted by molar-refractivity contribution is -0.0329. The lowest BCUT2D eigenvalue weighted by Crippen LogP contribution is -2.37. The molecule has 3 nitrogen and oxygen atoms in total. The quantitative estimate of drug-likeness (QED) is 0.859. The predicted molar refractivity (Wildman–Crippen MR) is 83.4 cm³/mol. The van der Waals surface area contributed by atoms with Crippen LogP contribution in [0.2, 0.25) is 0 Å². The molecule has 1 fully saturated rings. The Labute approximate surface area is 126 Å². The van der Waals surface area contributed by atoms with E-state index in [2.05, 4.69) is 47.4 Å². The Morgan fingerprint density at radius 2 is 1.86 bits per heavy atom. The number of benzene rings is 2. The minimum atomic E-state index is 0.147. The van der Waals surface area contributed by atoms with Crippen LogP contribution in [-0.4, -0.2) is 31.7 Å². The second-order valence-corrected chi connectivity index (χ2v) is 5.35. The third kappa shape index (κ3) is 3.63. The lowest BCUT2D eigenvalue weighted by Gasteiger charge is -2.33. The van der Waals surface area contributed by atoms with E-state index in [0.717, 1.165) is 32.0 Å². The van der Waals surface area contributed by atoms with Gasteiger partial charge in [-0.25, -0.2) is 0 Å². The van der Waals surface area contributed by atoms with E-state index >= 15 is 0 Å². The summed E-state index contributed by atoms with van der Waals surface area (Å²) in [5.41, 5.74) is 2.57. The van der Waals surface area contributed by atoms with Gasteiger partial charge in [0, 0.05) is 19.6 Å². The number of morpholine rings is 1. The zero-order valence-corrected chi connectivity index (χ0v) is 12.4. The first-order valence-electron chi connectivity index (χ1n) is 7.37. The highest BCUT2D eigenvalue weighted by molar-refractivity contribution is 5.29. The maximum Gasteiger partial charge on any atom is 0.118 e. The molecule has 0 amide bonds. The number of hydrogen-bond acceptors (Lipinski definition) is 3. The third-order valence-electron chi connectivity index (χ3n) is 3.89. The molecule has 0 N–H and O–H groups in total. The van der Waals surface area contributed by atoms with E-state index in [1.807, 2.05) is 12.1 Å². The van der Waals surface area contributed by atoms with Crippen molar-refractivity contribution >= 4 is 0 Å². The average molecular weight is 283 g/mol. The fourth-order valence-corrected chi connectivity index (χ4v) is 2.71. The normalized spacial score (nSPS) is 19.4. The van der Waals surface area contributed by atoms with E-state index in [9.17, 15) is 0 Å². The number of rotatable bonds is 4. The van der Waals surface area contributed by atoms with Crippen molar-refractivity contribution in [2.75, 3.05) is 26.8 Å². The summed E-state index contributed by atoms with van der Waals surface area (Å²) in [7, 11) is 1.69. The van der Waals surface area contributed by atoms with E-state index in [0.29, 0.717) is 0 Å². The highest BCUT2D eigenvalue weighted by Crippen LogP contribution is 2.25. The Morgan fingerprint density at radius 3 is 2.57 bits per heavy atom. The Balaban J connectivity index is 1.64. The van der Waals surface area contributed by atoms with E-state index in [1.165, 1.54) is 11.1 Å². The van der Waals surface area contributed by atoms with Gasteiger partial charge in [-0.2, -0.15) is 0 Å². The minimum Gasteiger partial charge on any atom is -0.497 e. The zero-order chi connectivity index (χ0) is 14.5. The van der Waals surface area contributed by atoms with Crippen LogP contribution in [0.25, 0.3) is 0 Å². The topological polar surface area (TPSA) is 21.7 Å². The Kier molecular flexibility index (Phi) is 4.53. The van der Waals surface area contributed by atoms with Crippen LogP contribution in [0.15, 0.2) is 54.6 Å². The van der Waals surface area contributed by atoms with Crippen LogP contribution in [0.1, 0.15) is 17.2 Å². The molecule has 0 aromatic heterocycles. The van der Waals surface area contributed by atoms with Gasteiger partial charge in [0.05, 0.1) is 19.8 Å². The van der Waals surface area contributed by atoms with Crippen LogP contribution >= 0.6 is 0 Å². The summed E-state index contributed by atoms with van der Waals surface area (Å²) >= 11 is 0. The van der Waals surface area contributed by atoms with Gasteiger partial charge in [0.25, 0.3) is 0 Å². The Hall–Kier alpha value is -1.84. The summed E-state index contributed by atoms with van der Waals surface area (Å²) in [6, 6.07) is 18.8. The van der Waals surface area contributed by atoms with Crippen LogP contribution in [-0.2, 0) is 11.3 Å². The van der Waals surface area contributed by atoms with E-state index in [1.54, 1.807) is 7.11 Å².